The molecule has 2 saturated carbocycles. The van der Waals surface area contributed by atoms with Crippen molar-refractivity contribution in [2.45, 2.75) is 93.7 Å². The first-order chi connectivity index (χ1) is 26.4. The summed E-state index contributed by atoms with van der Waals surface area (Å²) in [5, 5.41) is 10.7. The number of sulfonamides is 1. The summed E-state index contributed by atoms with van der Waals surface area (Å²) in [5.74, 6) is -3.09. The zero-order valence-electron chi connectivity index (χ0n) is 30.1. The number of para-hydroxylation sites is 1. The fraction of sp³-hybridized carbons (Fsp3) is 0.436. The van der Waals surface area contributed by atoms with Crippen LogP contribution in [0.5, 0.6) is 5.88 Å². The topological polar surface area (TPSA) is 190 Å². The van der Waals surface area contributed by atoms with Crippen LogP contribution >= 0.6 is 0 Å². The molecule has 5 atom stereocenters. The Balaban J connectivity index is 0.00000214. The van der Waals surface area contributed by atoms with Crippen molar-refractivity contribution in [2.75, 3.05) is 6.54 Å². The number of aromatic nitrogens is 2. The van der Waals surface area contributed by atoms with Gasteiger partial charge in [0.25, 0.3) is 11.8 Å². The highest BCUT2D eigenvalue weighted by atomic mass is 32.2. The molecule has 2 aliphatic heterocycles. The fourth-order valence-corrected chi connectivity index (χ4v) is 9.06. The number of hydrogen-bond acceptors (Lipinski definition) is 10. The molecule has 0 spiro atoms. The molecule has 1 saturated heterocycles. The van der Waals surface area contributed by atoms with Gasteiger partial charge in [0.05, 0.1) is 17.3 Å². The number of allylic oxidation sites excluding steroid dienone is 1. The maximum atomic E-state index is 14.6. The quantitative estimate of drug-likeness (QED) is 0.175. The predicted octanol–water partition coefficient (Wildman–Crippen LogP) is 4.71. The molecule has 3 N–H and O–H groups in total. The molecule has 14 nitrogen and oxygen atoms in total. The van der Waals surface area contributed by atoms with Crippen LogP contribution in [-0.2, 0) is 24.4 Å². The molecular weight excluding hydrogens is 732 g/mol. The van der Waals surface area contributed by atoms with E-state index in [1.54, 1.807) is 19.1 Å². The highest BCUT2D eigenvalue weighted by Crippen LogP contribution is 2.46. The number of pyridine rings is 1. The van der Waals surface area contributed by atoms with Crippen molar-refractivity contribution < 1.29 is 45.5 Å². The van der Waals surface area contributed by atoms with Crippen LogP contribution in [0.4, 0.5) is 4.39 Å². The first kappa shape index (κ1) is 36.6. The molecule has 8 rings (SSSR count). The van der Waals surface area contributed by atoms with Gasteiger partial charge in [0.1, 0.15) is 35.3 Å². The number of aryl methyl sites for hydroxylation is 1. The van der Waals surface area contributed by atoms with E-state index in [4.69, 9.17) is 14.2 Å². The number of carbonyl (C=O) groups is 4. The zero-order chi connectivity index (χ0) is 38.5. The number of hydrogen-bond donors (Lipinski definition) is 3. The van der Waals surface area contributed by atoms with Gasteiger partial charge in [-0.2, -0.15) is 0 Å². The van der Waals surface area contributed by atoms with E-state index in [2.05, 4.69) is 20.5 Å². The van der Waals surface area contributed by atoms with E-state index in [1.807, 2.05) is 30.4 Å². The average Bonchev–Trinajstić information content (AvgIpc) is 4.05. The van der Waals surface area contributed by atoms with E-state index in [1.165, 1.54) is 23.1 Å². The van der Waals surface area contributed by atoms with Crippen molar-refractivity contribution in [3.63, 3.8) is 0 Å². The van der Waals surface area contributed by atoms with Gasteiger partial charge >= 0.3 is 0 Å². The summed E-state index contributed by atoms with van der Waals surface area (Å²) in [7, 11) is -3.92. The number of carbonyl (C=O) groups excluding carboxylic acids is 4. The van der Waals surface area contributed by atoms with Gasteiger partial charge in [-0.15, -0.1) is 0 Å². The van der Waals surface area contributed by atoms with Crippen LogP contribution < -0.4 is 20.1 Å². The molecule has 55 heavy (non-hydrogen) atoms. The molecule has 2 aliphatic carbocycles. The van der Waals surface area contributed by atoms with E-state index >= 15 is 0 Å². The largest absolute Gasteiger partial charge is 0.472 e. The summed E-state index contributed by atoms with van der Waals surface area (Å²) >= 11 is 0. The van der Waals surface area contributed by atoms with Crippen molar-refractivity contribution in [1.29, 1.82) is 0 Å². The number of nitrogens with zero attached hydrogens (tertiary/aromatic N) is 3. The van der Waals surface area contributed by atoms with E-state index in [0.29, 0.717) is 47.7 Å². The second-order valence-corrected chi connectivity index (χ2v) is 16.9. The highest BCUT2D eigenvalue weighted by Gasteiger charge is 2.62. The lowest BCUT2D eigenvalue weighted by Gasteiger charge is -2.29. The van der Waals surface area contributed by atoms with Gasteiger partial charge in [0, 0.05) is 33.5 Å². The maximum Gasteiger partial charge on any atom is 0.274 e. The first-order valence-electron chi connectivity index (χ1n) is 18.7. The smallest absolute Gasteiger partial charge is 0.274 e. The number of rotatable bonds is 7. The Morgan fingerprint density at radius 2 is 1.87 bits per heavy atom. The van der Waals surface area contributed by atoms with Crippen LogP contribution in [0.15, 0.2) is 65.2 Å². The van der Waals surface area contributed by atoms with Gasteiger partial charge in [-0.3, -0.25) is 23.9 Å². The SMILES string of the molecule is Cc1cc(C(=O)N[C@H]2CCCCC/C=C\[C@@H]3C[C@@]3(C(=O)NS(=O)(=O)C3CC3)NC(=O)[C@@H]3C[C@@H](Oc4nc5ccccc5c5ccc(F)cc45)CN3C2=O)no1.[HH].[HH].[HH]. The van der Waals surface area contributed by atoms with Gasteiger partial charge in [-0.1, -0.05) is 54.4 Å². The summed E-state index contributed by atoms with van der Waals surface area (Å²) < 4.78 is 54.1. The zero-order valence-corrected chi connectivity index (χ0v) is 30.9. The van der Waals surface area contributed by atoms with Crippen molar-refractivity contribution >= 4 is 55.3 Å². The minimum absolute atomic E-state index is 0. The lowest BCUT2D eigenvalue weighted by molar-refractivity contribution is -0.141. The van der Waals surface area contributed by atoms with Gasteiger partial charge < -0.3 is 24.8 Å². The van der Waals surface area contributed by atoms with Crippen LogP contribution in [-0.4, -0.2) is 82.6 Å². The molecule has 0 unspecified atom stereocenters. The van der Waals surface area contributed by atoms with Crippen LogP contribution in [0.3, 0.4) is 0 Å². The lowest BCUT2D eigenvalue weighted by Crippen LogP contribution is -2.58. The molecule has 4 aliphatic rings. The Kier molecular flexibility index (Phi) is 9.55. The summed E-state index contributed by atoms with van der Waals surface area (Å²) in [6.45, 7) is 1.54. The molecular formula is C39H47FN6O8S. The van der Waals surface area contributed by atoms with Crippen molar-refractivity contribution in [2.24, 2.45) is 5.92 Å². The minimum Gasteiger partial charge on any atom is -0.472 e. The van der Waals surface area contributed by atoms with E-state index in [9.17, 15) is 32.0 Å². The second-order valence-electron chi connectivity index (χ2n) is 15.0. The van der Waals surface area contributed by atoms with Crippen LogP contribution in [0.2, 0.25) is 0 Å². The Bertz CT molecular complexity index is 2360. The number of amides is 4. The van der Waals surface area contributed by atoms with Gasteiger partial charge in [0.15, 0.2) is 5.69 Å². The number of benzene rings is 2. The van der Waals surface area contributed by atoms with Crippen LogP contribution in [0, 0.1) is 18.7 Å². The minimum atomic E-state index is -3.92. The van der Waals surface area contributed by atoms with E-state index < -0.39 is 74.4 Å². The van der Waals surface area contributed by atoms with Crippen molar-refractivity contribution in [3.8, 4) is 5.88 Å². The molecule has 294 valence electrons. The lowest BCUT2D eigenvalue weighted by atomic mass is 10.0. The summed E-state index contributed by atoms with van der Waals surface area (Å²) in [4.78, 5) is 62.1. The molecule has 4 amide bonds. The van der Waals surface area contributed by atoms with E-state index in [0.717, 1.165) is 18.2 Å². The van der Waals surface area contributed by atoms with Gasteiger partial charge in [-0.25, -0.2) is 17.8 Å². The number of ether oxygens (including phenoxy) is 1. The normalized spacial score (nSPS) is 26.6. The molecule has 16 heteroatoms. The Hall–Kier alpha value is -5.38. The van der Waals surface area contributed by atoms with Gasteiger partial charge in [-0.05, 0) is 69.0 Å². The molecule has 2 aromatic heterocycles. The van der Waals surface area contributed by atoms with Crippen LogP contribution in [0.25, 0.3) is 21.7 Å². The highest BCUT2D eigenvalue weighted by molar-refractivity contribution is 7.91. The fourth-order valence-electron chi connectivity index (χ4n) is 7.70. The third kappa shape index (κ3) is 7.39. The number of halogens is 1. The monoisotopic (exact) mass is 778 g/mol. The maximum absolute atomic E-state index is 14.6. The second kappa shape index (κ2) is 14.4. The standard InChI is InChI=1S/C39H41FN6O8S.3H2/c1-22-17-32(44-54-22)34(47)41-31-12-6-4-2-3-5-9-23-20-39(23,38(50)45-55(51,52)26-14-15-26)43-35(48)33-19-25(21-46(33)37(31)49)53-36-29-18-24(40)13-16-27(29)28-10-7-8-11-30(28)42-36;;;/h5,7-11,13,16-18,23,25-26,31,33H,2-4,6,12,14-15,19-21H2,1H3,(H,41,47)(H,43,48)(H,45,50);3*1H/b9-5-;;;/t23-,25-,31+,33+,39-;;;/m1.../s1. The Labute approximate surface area is 320 Å². The molecule has 0 bridgehead atoms. The van der Waals surface area contributed by atoms with Gasteiger partial charge in [0.2, 0.25) is 27.7 Å². The Morgan fingerprint density at radius 3 is 2.65 bits per heavy atom. The molecule has 4 heterocycles. The van der Waals surface area contributed by atoms with Crippen molar-refractivity contribution in [1.82, 2.24) is 30.4 Å². The Morgan fingerprint density at radius 1 is 1.05 bits per heavy atom. The third-order valence-corrected chi connectivity index (χ3v) is 12.7. The summed E-state index contributed by atoms with van der Waals surface area (Å²) in [6.07, 6.45) is 7.00. The molecule has 3 fully saturated rings. The molecule has 0 radical (unpaired) electrons. The predicted molar refractivity (Wildman–Crippen MR) is 204 cm³/mol. The van der Waals surface area contributed by atoms with E-state index in [-0.39, 0.29) is 41.7 Å². The van der Waals surface area contributed by atoms with Crippen LogP contribution in [0.1, 0.15) is 78.3 Å². The molecule has 4 aromatic rings. The summed E-state index contributed by atoms with van der Waals surface area (Å²) in [6, 6.07) is 10.9. The molecule has 2 aromatic carbocycles. The number of fused-ring (bicyclic) bond motifs is 5. The average molecular weight is 779 g/mol. The summed E-state index contributed by atoms with van der Waals surface area (Å²) in [5.41, 5.74) is -0.945. The van der Waals surface area contributed by atoms with Crippen molar-refractivity contribution in [3.05, 3.63) is 78.0 Å². The number of nitrogens with one attached hydrogen (secondary N) is 3. The first-order valence-corrected chi connectivity index (χ1v) is 20.2. The third-order valence-electron chi connectivity index (χ3n) is 10.9.